The van der Waals surface area contributed by atoms with Crippen LogP contribution in [0.25, 0.3) is 0 Å². The Kier molecular flexibility index (Phi) is 6.41. The zero-order chi connectivity index (χ0) is 17.6. The first-order valence-corrected chi connectivity index (χ1v) is 6.52. The predicted octanol–water partition coefficient (Wildman–Crippen LogP) is -2.25. The topological polar surface area (TPSA) is 207 Å². The number of urea groups is 1. The maximum absolute atomic E-state index is 11.7. The number of aliphatic hydroxyl groups excluding tert-OH is 1. The quantitative estimate of drug-likeness (QED) is 0.304. The Bertz CT molecular complexity index is 575. The third-order valence-corrected chi connectivity index (χ3v) is 2.71. The van der Waals surface area contributed by atoms with Gasteiger partial charge in [0.05, 0.1) is 19.1 Å². The van der Waals surface area contributed by atoms with Crippen LogP contribution in [-0.2, 0) is 9.59 Å². The molecule has 12 nitrogen and oxygen atoms in total. The Morgan fingerprint density at radius 3 is 2.52 bits per heavy atom. The second kappa shape index (κ2) is 8.05. The van der Waals surface area contributed by atoms with Crippen molar-refractivity contribution in [3.05, 3.63) is 11.7 Å². The number of nitrogens with zero attached hydrogens (tertiary/aromatic N) is 2. The van der Waals surface area contributed by atoms with Crippen molar-refractivity contribution in [2.75, 3.05) is 6.61 Å². The van der Waals surface area contributed by atoms with Crippen LogP contribution in [0.1, 0.15) is 37.1 Å². The summed E-state index contributed by atoms with van der Waals surface area (Å²) < 4.78 is 4.89. The first-order valence-electron chi connectivity index (χ1n) is 6.52. The molecule has 23 heavy (non-hydrogen) atoms. The van der Waals surface area contributed by atoms with Crippen LogP contribution in [0.3, 0.4) is 0 Å². The van der Waals surface area contributed by atoms with Gasteiger partial charge in [-0.2, -0.15) is 4.98 Å². The van der Waals surface area contributed by atoms with E-state index < -0.39 is 42.6 Å². The second-order valence-electron chi connectivity index (χ2n) is 4.68. The Morgan fingerprint density at radius 1 is 1.35 bits per heavy atom. The van der Waals surface area contributed by atoms with Gasteiger partial charge in [-0.3, -0.25) is 9.59 Å². The van der Waals surface area contributed by atoms with Gasteiger partial charge in [-0.15, -0.1) is 0 Å². The first-order chi connectivity index (χ1) is 10.7. The average molecular weight is 330 g/mol. The van der Waals surface area contributed by atoms with E-state index in [-0.39, 0.29) is 18.1 Å². The molecule has 0 fully saturated rings. The lowest BCUT2D eigenvalue weighted by molar-refractivity contribution is -0.138. The molecule has 128 valence electrons. The molecule has 3 amide bonds. The molecule has 8 N–H and O–H groups in total. The lowest BCUT2D eigenvalue weighted by atomic mass is 10.2. The second-order valence-corrected chi connectivity index (χ2v) is 4.68. The number of carbonyl (C=O) groups excluding carboxylic acids is 2. The summed E-state index contributed by atoms with van der Waals surface area (Å²) in [5.74, 6) is -2.16. The fraction of sp³-hybridized carbons (Fsp3) is 0.545. The number of aromatic nitrogens is 2. The van der Waals surface area contributed by atoms with Crippen molar-refractivity contribution >= 4 is 17.9 Å². The number of amides is 3. The zero-order valence-corrected chi connectivity index (χ0v) is 12.2. The zero-order valence-electron chi connectivity index (χ0n) is 12.2. The van der Waals surface area contributed by atoms with Gasteiger partial charge in [0.25, 0.3) is 0 Å². The van der Waals surface area contributed by atoms with Crippen molar-refractivity contribution in [3.8, 4) is 0 Å². The van der Waals surface area contributed by atoms with E-state index in [4.69, 9.17) is 26.2 Å². The molecule has 0 unspecified atom stereocenters. The molecule has 0 aliphatic rings. The van der Waals surface area contributed by atoms with Crippen LogP contribution >= 0.6 is 0 Å². The van der Waals surface area contributed by atoms with Crippen molar-refractivity contribution in [1.29, 1.82) is 0 Å². The first kappa shape index (κ1) is 18.3. The molecule has 0 saturated heterocycles. The number of hydrogen-bond acceptors (Lipinski definition) is 8. The molecule has 3 atom stereocenters. The highest BCUT2D eigenvalue weighted by Crippen LogP contribution is 2.16. The molecule has 1 rings (SSSR count). The van der Waals surface area contributed by atoms with E-state index in [1.54, 1.807) is 0 Å². The Balaban J connectivity index is 2.84. The number of aliphatic hydroxyl groups is 1. The van der Waals surface area contributed by atoms with E-state index in [2.05, 4.69) is 20.8 Å². The van der Waals surface area contributed by atoms with Crippen molar-refractivity contribution in [2.45, 2.75) is 31.5 Å². The van der Waals surface area contributed by atoms with Gasteiger partial charge in [-0.05, 0) is 6.92 Å². The van der Waals surface area contributed by atoms with E-state index >= 15 is 0 Å². The van der Waals surface area contributed by atoms with Crippen LogP contribution in [0.2, 0.25) is 0 Å². The lowest BCUT2D eigenvalue weighted by Gasteiger charge is -2.15. The minimum atomic E-state index is -1.24. The average Bonchev–Trinajstić information content (AvgIpc) is 2.94. The smallest absolute Gasteiger partial charge is 0.325 e. The van der Waals surface area contributed by atoms with Gasteiger partial charge in [0, 0.05) is 0 Å². The van der Waals surface area contributed by atoms with Gasteiger partial charge >= 0.3 is 12.0 Å². The Labute approximate surface area is 130 Å². The van der Waals surface area contributed by atoms with E-state index in [1.807, 2.05) is 0 Å². The van der Waals surface area contributed by atoms with E-state index in [1.165, 1.54) is 6.92 Å². The van der Waals surface area contributed by atoms with Crippen LogP contribution in [0.15, 0.2) is 4.52 Å². The largest absolute Gasteiger partial charge is 0.480 e. The number of rotatable bonds is 8. The molecule has 1 heterocycles. The van der Waals surface area contributed by atoms with E-state index in [9.17, 15) is 14.4 Å². The summed E-state index contributed by atoms with van der Waals surface area (Å²) in [5, 5.41) is 25.6. The normalized spacial score (nSPS) is 14.6. The lowest BCUT2D eigenvalue weighted by Crippen LogP contribution is -2.46. The van der Waals surface area contributed by atoms with Gasteiger partial charge in [-0.25, -0.2) is 4.79 Å². The van der Waals surface area contributed by atoms with Crippen LogP contribution in [0.5, 0.6) is 0 Å². The molecular weight excluding hydrogens is 312 g/mol. The van der Waals surface area contributed by atoms with Gasteiger partial charge < -0.3 is 36.8 Å². The summed E-state index contributed by atoms with van der Waals surface area (Å²) in [4.78, 5) is 37.4. The number of aliphatic carboxylic acids is 1. The molecule has 1 aromatic heterocycles. The van der Waals surface area contributed by atoms with Crippen LogP contribution in [-0.4, -0.2) is 50.9 Å². The molecule has 0 aliphatic heterocycles. The third-order valence-electron chi connectivity index (χ3n) is 2.71. The number of carboxylic acids is 1. The molecule has 12 heteroatoms. The van der Waals surface area contributed by atoms with Crippen LogP contribution < -0.4 is 22.1 Å². The summed E-state index contributed by atoms with van der Waals surface area (Å²) in [5.41, 5.74) is 10.6. The van der Waals surface area contributed by atoms with Gasteiger partial charge in [0.15, 0.2) is 5.82 Å². The summed E-state index contributed by atoms with van der Waals surface area (Å²) >= 11 is 0. The fourth-order valence-corrected chi connectivity index (χ4v) is 1.48. The minimum absolute atomic E-state index is 0.0157. The molecule has 1 aromatic rings. The summed E-state index contributed by atoms with van der Waals surface area (Å²) in [6.45, 7) is 0.833. The molecular formula is C11H18N6O6. The monoisotopic (exact) mass is 330 g/mol. The number of nitrogens with one attached hydrogen (secondary N) is 2. The third kappa shape index (κ3) is 5.52. The van der Waals surface area contributed by atoms with Gasteiger partial charge in [-0.1, -0.05) is 5.16 Å². The van der Waals surface area contributed by atoms with Crippen molar-refractivity contribution in [2.24, 2.45) is 11.5 Å². The molecule has 0 aromatic carbocycles. The fourth-order valence-electron chi connectivity index (χ4n) is 1.48. The molecule has 0 radical (unpaired) electrons. The highest BCUT2D eigenvalue weighted by atomic mass is 16.5. The number of carbonyl (C=O) groups is 3. The van der Waals surface area contributed by atoms with Gasteiger partial charge in [0.2, 0.25) is 11.8 Å². The van der Waals surface area contributed by atoms with Crippen LogP contribution in [0, 0.1) is 0 Å². The molecule has 0 spiro atoms. The van der Waals surface area contributed by atoms with E-state index in [0.717, 1.165) is 0 Å². The molecule has 0 bridgehead atoms. The maximum atomic E-state index is 11.7. The standard InChI is InChI=1S/C11H18N6O6/c1-4(10(20)21)14-11(22)15-6(2-7(13)19)9-16-8(17-23-9)5(12)3-18/h4-6,18H,2-3,12H2,1H3,(H2,13,19)(H,20,21)(H2,14,15,22)/t4-,5-,6-/m0/s1. The highest BCUT2D eigenvalue weighted by molar-refractivity contribution is 5.83. The Hall–Kier alpha value is -2.73. The number of primary amides is 1. The summed E-state index contributed by atoms with van der Waals surface area (Å²) in [6.07, 6.45) is -0.356. The van der Waals surface area contributed by atoms with Crippen LogP contribution in [0.4, 0.5) is 4.79 Å². The summed E-state index contributed by atoms with van der Waals surface area (Å²) in [7, 11) is 0. The Morgan fingerprint density at radius 2 is 2.00 bits per heavy atom. The SMILES string of the molecule is C[C@H](NC(=O)N[C@@H](CC(N)=O)c1nc([C@@H](N)CO)no1)C(=O)O. The van der Waals surface area contributed by atoms with E-state index in [0.29, 0.717) is 0 Å². The predicted molar refractivity (Wildman–Crippen MR) is 73.6 cm³/mol. The number of carboxylic acid groups (broad SMARTS) is 1. The summed E-state index contributed by atoms with van der Waals surface area (Å²) in [6, 6.07) is -3.97. The number of hydrogen-bond donors (Lipinski definition) is 6. The molecule has 0 aliphatic carbocycles. The number of nitrogens with two attached hydrogens (primary N) is 2. The van der Waals surface area contributed by atoms with Crippen molar-refractivity contribution < 1.29 is 29.1 Å². The van der Waals surface area contributed by atoms with Crippen molar-refractivity contribution in [1.82, 2.24) is 20.8 Å². The van der Waals surface area contributed by atoms with Gasteiger partial charge in [0.1, 0.15) is 12.1 Å². The molecule has 0 saturated carbocycles. The van der Waals surface area contributed by atoms with Crippen molar-refractivity contribution in [3.63, 3.8) is 0 Å². The highest BCUT2D eigenvalue weighted by Gasteiger charge is 2.25. The maximum Gasteiger partial charge on any atom is 0.325 e. The minimum Gasteiger partial charge on any atom is -0.480 e.